The van der Waals surface area contributed by atoms with Crippen LogP contribution in [0.2, 0.25) is 0 Å². The van der Waals surface area contributed by atoms with Crippen LogP contribution in [-0.2, 0) is 0 Å². The molecule has 0 saturated heterocycles. The van der Waals surface area contributed by atoms with Gasteiger partial charge in [0.25, 0.3) is 0 Å². The van der Waals surface area contributed by atoms with E-state index in [-0.39, 0.29) is 0 Å². The molecule has 0 spiro atoms. The Morgan fingerprint density at radius 2 is 2.25 bits per heavy atom. The van der Waals surface area contributed by atoms with Crippen LogP contribution in [-0.4, -0.2) is 4.98 Å². The lowest BCUT2D eigenvalue weighted by Gasteiger charge is -2.06. The quantitative estimate of drug-likeness (QED) is 0.550. The van der Waals surface area contributed by atoms with Gasteiger partial charge in [0.05, 0.1) is 5.35 Å². The second kappa shape index (κ2) is 2.74. The molecule has 1 atom stereocenters. The average Bonchev–Trinajstić information content (AvgIpc) is 2.05. The van der Waals surface area contributed by atoms with Gasteiger partial charge in [-0.1, -0.05) is 25.1 Å². The van der Waals surface area contributed by atoms with Crippen molar-refractivity contribution in [2.24, 2.45) is 5.92 Å². The lowest BCUT2D eigenvalue weighted by molar-refractivity contribution is 0.795. The first-order chi connectivity index (χ1) is 5.75. The molecule has 1 unspecified atom stereocenters. The Balaban J connectivity index is 2.71. The van der Waals surface area contributed by atoms with Crippen LogP contribution in [0.3, 0.4) is 0 Å². The van der Waals surface area contributed by atoms with Crippen molar-refractivity contribution in [3.05, 3.63) is 28.4 Å². The van der Waals surface area contributed by atoms with Crippen LogP contribution in [0.4, 0.5) is 0 Å². The maximum absolute atomic E-state index is 4.46. The van der Waals surface area contributed by atoms with Gasteiger partial charge in [-0.2, -0.15) is 0 Å². The topological polar surface area (TPSA) is 12.9 Å². The maximum Gasteiger partial charge on any atom is 0.0662 e. The molecule has 0 amide bonds. The summed E-state index contributed by atoms with van der Waals surface area (Å²) in [6.45, 7) is 4.27. The molecule has 2 rings (SSSR count). The fourth-order valence-electron chi connectivity index (χ4n) is 1.56. The van der Waals surface area contributed by atoms with Crippen LogP contribution >= 0.6 is 0 Å². The van der Waals surface area contributed by atoms with E-state index in [0.717, 1.165) is 17.5 Å². The Morgan fingerprint density at radius 1 is 1.42 bits per heavy atom. The van der Waals surface area contributed by atoms with Gasteiger partial charge in [-0.05, 0) is 30.5 Å². The fourth-order valence-corrected chi connectivity index (χ4v) is 1.56. The molecule has 62 valence electrons. The molecule has 1 aliphatic carbocycles. The molecule has 1 nitrogen and oxygen atoms in total. The number of pyridine rings is 1. The predicted molar refractivity (Wildman–Crippen MR) is 50.9 cm³/mol. The Morgan fingerprint density at radius 3 is 3.08 bits per heavy atom. The molecule has 0 N–H and O–H groups in total. The van der Waals surface area contributed by atoms with Gasteiger partial charge in [-0.15, -0.1) is 0 Å². The number of hydrogen-bond donors (Lipinski definition) is 0. The standard InChI is InChI=1S/C11H13N/c1-8-3-6-11-10(7-8)5-4-9(2)12-11/h4-8H,3H2,1-2H3. The number of hydrogen-bond acceptors (Lipinski definition) is 1. The van der Waals surface area contributed by atoms with Crippen LogP contribution in [0.1, 0.15) is 19.0 Å². The summed E-state index contributed by atoms with van der Waals surface area (Å²) in [5, 5.41) is 2.45. The molecule has 0 saturated carbocycles. The molecule has 0 aromatic carbocycles. The Labute approximate surface area is 72.5 Å². The van der Waals surface area contributed by atoms with E-state index in [1.54, 1.807) is 0 Å². The summed E-state index contributed by atoms with van der Waals surface area (Å²) >= 11 is 0. The number of aromatic nitrogens is 1. The van der Waals surface area contributed by atoms with Gasteiger partial charge in [0, 0.05) is 5.69 Å². The summed E-state index contributed by atoms with van der Waals surface area (Å²) in [6.07, 6.45) is 5.65. The molecule has 1 heterocycles. The van der Waals surface area contributed by atoms with Crippen LogP contribution in [0.5, 0.6) is 0 Å². The number of nitrogens with zero attached hydrogens (tertiary/aromatic N) is 1. The van der Waals surface area contributed by atoms with Crippen LogP contribution < -0.4 is 10.6 Å². The van der Waals surface area contributed by atoms with Gasteiger partial charge < -0.3 is 0 Å². The van der Waals surface area contributed by atoms with E-state index in [1.807, 2.05) is 6.92 Å². The summed E-state index contributed by atoms with van der Waals surface area (Å²) in [5.74, 6) is 0.669. The highest BCUT2D eigenvalue weighted by Crippen LogP contribution is 2.05. The maximum atomic E-state index is 4.46. The molecule has 1 aromatic heterocycles. The van der Waals surface area contributed by atoms with Gasteiger partial charge in [-0.25, -0.2) is 0 Å². The van der Waals surface area contributed by atoms with E-state index in [0.29, 0.717) is 5.92 Å². The molecule has 1 aromatic rings. The third-order valence-electron chi connectivity index (χ3n) is 2.24. The van der Waals surface area contributed by atoms with E-state index >= 15 is 0 Å². The summed E-state index contributed by atoms with van der Waals surface area (Å²) in [4.78, 5) is 4.46. The van der Waals surface area contributed by atoms with Crippen molar-refractivity contribution in [3.8, 4) is 0 Å². The molecule has 1 aliphatic rings. The van der Waals surface area contributed by atoms with Crippen molar-refractivity contribution in [2.45, 2.75) is 20.3 Å². The molecule has 12 heavy (non-hydrogen) atoms. The average molecular weight is 159 g/mol. The van der Waals surface area contributed by atoms with Crippen molar-refractivity contribution in [1.82, 2.24) is 4.98 Å². The summed E-state index contributed by atoms with van der Waals surface area (Å²) in [5.41, 5.74) is 1.10. The van der Waals surface area contributed by atoms with Crippen LogP contribution in [0.15, 0.2) is 12.1 Å². The summed E-state index contributed by atoms with van der Waals surface area (Å²) < 4.78 is 0. The lowest BCUT2D eigenvalue weighted by atomic mass is 10.0. The van der Waals surface area contributed by atoms with Crippen molar-refractivity contribution in [3.63, 3.8) is 0 Å². The van der Waals surface area contributed by atoms with E-state index in [1.165, 1.54) is 5.22 Å². The van der Waals surface area contributed by atoms with E-state index in [4.69, 9.17) is 0 Å². The molecule has 0 bridgehead atoms. The van der Waals surface area contributed by atoms with Crippen LogP contribution in [0.25, 0.3) is 12.2 Å². The Hall–Kier alpha value is -1.11. The number of rotatable bonds is 0. The highest BCUT2D eigenvalue weighted by molar-refractivity contribution is 5.38. The lowest BCUT2D eigenvalue weighted by Crippen LogP contribution is -2.31. The predicted octanol–water partition coefficient (Wildman–Crippen LogP) is 0.991. The summed E-state index contributed by atoms with van der Waals surface area (Å²) in [6, 6.07) is 4.23. The van der Waals surface area contributed by atoms with E-state index in [2.05, 4.69) is 36.2 Å². The molecule has 1 heteroatoms. The Kier molecular flexibility index (Phi) is 1.72. The number of aryl methyl sites for hydroxylation is 1. The third kappa shape index (κ3) is 1.27. The van der Waals surface area contributed by atoms with Crippen LogP contribution in [0, 0.1) is 12.8 Å². The molecule has 0 fully saturated rings. The number of fused-ring (bicyclic) bond motifs is 1. The monoisotopic (exact) mass is 159 g/mol. The van der Waals surface area contributed by atoms with E-state index < -0.39 is 0 Å². The first-order valence-corrected chi connectivity index (χ1v) is 4.41. The van der Waals surface area contributed by atoms with Crippen molar-refractivity contribution >= 4 is 12.2 Å². The van der Waals surface area contributed by atoms with Crippen molar-refractivity contribution in [2.75, 3.05) is 0 Å². The third-order valence-corrected chi connectivity index (χ3v) is 2.24. The first-order valence-electron chi connectivity index (χ1n) is 4.41. The molecular weight excluding hydrogens is 146 g/mol. The zero-order valence-electron chi connectivity index (χ0n) is 7.54. The highest BCUT2D eigenvalue weighted by atomic mass is 14.7. The minimum absolute atomic E-state index is 0.669. The van der Waals surface area contributed by atoms with Gasteiger partial charge in [0.1, 0.15) is 0 Å². The normalized spacial score (nSPS) is 20.7. The molecule has 0 aliphatic heterocycles. The van der Waals surface area contributed by atoms with Gasteiger partial charge in [0.2, 0.25) is 0 Å². The second-order valence-electron chi connectivity index (χ2n) is 3.51. The first kappa shape index (κ1) is 7.53. The summed E-state index contributed by atoms with van der Waals surface area (Å²) in [7, 11) is 0. The van der Waals surface area contributed by atoms with Gasteiger partial charge in [0.15, 0.2) is 0 Å². The second-order valence-corrected chi connectivity index (χ2v) is 3.51. The SMILES string of the molecule is Cc1ccc2c(n1)=CCC(C)C=2. The Bertz CT molecular complexity index is 404. The molecule has 0 radical (unpaired) electrons. The van der Waals surface area contributed by atoms with Crippen molar-refractivity contribution in [1.29, 1.82) is 0 Å². The zero-order valence-corrected chi connectivity index (χ0v) is 7.54. The zero-order chi connectivity index (χ0) is 8.55. The fraction of sp³-hybridized carbons (Fsp3) is 0.364. The molecular formula is C11H13N. The minimum Gasteiger partial charge on any atom is -0.253 e. The van der Waals surface area contributed by atoms with E-state index in [9.17, 15) is 0 Å². The van der Waals surface area contributed by atoms with Gasteiger partial charge >= 0.3 is 0 Å². The smallest absolute Gasteiger partial charge is 0.0662 e. The minimum atomic E-state index is 0.669. The largest absolute Gasteiger partial charge is 0.253 e. The highest BCUT2D eigenvalue weighted by Gasteiger charge is 2.01. The van der Waals surface area contributed by atoms with Crippen molar-refractivity contribution < 1.29 is 0 Å². The van der Waals surface area contributed by atoms with Gasteiger partial charge in [-0.3, -0.25) is 4.98 Å².